The van der Waals surface area contributed by atoms with Gasteiger partial charge in [-0.3, -0.25) is 0 Å². The van der Waals surface area contributed by atoms with Crippen LogP contribution in [0, 0.1) is 18.8 Å². The smallest absolute Gasteiger partial charge is 0.131 e. The molecular formula is C15H11ClO. The van der Waals surface area contributed by atoms with E-state index in [1.165, 1.54) is 0 Å². The van der Waals surface area contributed by atoms with Gasteiger partial charge in [0.05, 0.1) is 5.56 Å². The Kier molecular flexibility index (Phi) is 3.37. The lowest BCUT2D eigenvalue weighted by molar-refractivity contribution is 0.473. The Morgan fingerprint density at radius 3 is 2.41 bits per heavy atom. The van der Waals surface area contributed by atoms with Gasteiger partial charge < -0.3 is 5.11 Å². The average Bonchev–Trinajstić information content (AvgIpc) is 2.35. The summed E-state index contributed by atoms with van der Waals surface area (Å²) >= 11 is 5.99. The van der Waals surface area contributed by atoms with Crippen LogP contribution < -0.4 is 0 Å². The monoisotopic (exact) mass is 242 g/mol. The highest BCUT2D eigenvalue weighted by molar-refractivity contribution is 6.31. The SMILES string of the molecule is Cc1c(Cl)ccc(O)c1C#Cc1ccccc1. The molecule has 0 atom stereocenters. The second kappa shape index (κ2) is 4.95. The van der Waals surface area contributed by atoms with Crippen LogP contribution in [0.25, 0.3) is 0 Å². The highest BCUT2D eigenvalue weighted by Gasteiger charge is 2.05. The van der Waals surface area contributed by atoms with Gasteiger partial charge in [0.2, 0.25) is 0 Å². The van der Waals surface area contributed by atoms with Crippen molar-refractivity contribution >= 4 is 11.6 Å². The second-order valence-corrected chi connectivity index (χ2v) is 4.09. The zero-order valence-electron chi connectivity index (χ0n) is 9.37. The molecule has 17 heavy (non-hydrogen) atoms. The normalized spacial score (nSPS) is 9.53. The third kappa shape index (κ3) is 2.61. The summed E-state index contributed by atoms with van der Waals surface area (Å²) in [4.78, 5) is 0. The maximum atomic E-state index is 9.73. The van der Waals surface area contributed by atoms with Crippen LogP contribution in [-0.4, -0.2) is 5.11 Å². The third-order valence-electron chi connectivity index (χ3n) is 2.48. The van der Waals surface area contributed by atoms with Gasteiger partial charge in [0, 0.05) is 10.6 Å². The molecule has 0 saturated carbocycles. The zero-order valence-corrected chi connectivity index (χ0v) is 10.1. The van der Waals surface area contributed by atoms with Gasteiger partial charge in [0.25, 0.3) is 0 Å². The Balaban J connectivity index is 2.44. The molecule has 0 aliphatic heterocycles. The molecule has 0 aliphatic rings. The standard InChI is InChI=1S/C15H11ClO/c1-11-13(15(17)10-9-14(11)16)8-7-12-5-3-2-4-6-12/h2-6,9-10,17H,1H3. The maximum absolute atomic E-state index is 9.73. The number of aromatic hydroxyl groups is 1. The van der Waals surface area contributed by atoms with Gasteiger partial charge in [0.1, 0.15) is 5.75 Å². The molecule has 2 heteroatoms. The van der Waals surface area contributed by atoms with Crippen molar-refractivity contribution in [3.63, 3.8) is 0 Å². The van der Waals surface area contributed by atoms with Crippen molar-refractivity contribution in [1.29, 1.82) is 0 Å². The van der Waals surface area contributed by atoms with E-state index in [0.717, 1.165) is 11.1 Å². The molecule has 0 fully saturated rings. The molecular weight excluding hydrogens is 232 g/mol. The summed E-state index contributed by atoms with van der Waals surface area (Å²) < 4.78 is 0. The predicted octanol–water partition coefficient (Wildman–Crippen LogP) is 3.75. The fourth-order valence-electron chi connectivity index (χ4n) is 1.49. The number of halogens is 1. The zero-order chi connectivity index (χ0) is 12.3. The molecule has 2 aromatic carbocycles. The van der Waals surface area contributed by atoms with Gasteiger partial charge in [0.15, 0.2) is 0 Å². The highest BCUT2D eigenvalue weighted by Crippen LogP contribution is 2.26. The lowest BCUT2D eigenvalue weighted by Crippen LogP contribution is -1.85. The molecule has 0 radical (unpaired) electrons. The molecule has 0 heterocycles. The van der Waals surface area contributed by atoms with E-state index >= 15 is 0 Å². The Labute approximate surface area is 106 Å². The Hall–Kier alpha value is -1.91. The topological polar surface area (TPSA) is 20.2 Å². The van der Waals surface area contributed by atoms with Gasteiger partial charge in [-0.25, -0.2) is 0 Å². The van der Waals surface area contributed by atoms with Crippen molar-refractivity contribution < 1.29 is 5.11 Å². The number of benzene rings is 2. The molecule has 2 rings (SSSR count). The average molecular weight is 243 g/mol. The quantitative estimate of drug-likeness (QED) is 0.698. The van der Waals surface area contributed by atoms with E-state index in [1.807, 2.05) is 37.3 Å². The summed E-state index contributed by atoms with van der Waals surface area (Å²) in [5.74, 6) is 6.12. The third-order valence-corrected chi connectivity index (χ3v) is 2.89. The molecule has 2 aromatic rings. The minimum absolute atomic E-state index is 0.162. The van der Waals surface area contributed by atoms with Gasteiger partial charge in [-0.05, 0) is 36.8 Å². The lowest BCUT2D eigenvalue weighted by atomic mass is 10.1. The van der Waals surface area contributed by atoms with E-state index in [-0.39, 0.29) is 5.75 Å². The first-order valence-electron chi connectivity index (χ1n) is 5.23. The summed E-state index contributed by atoms with van der Waals surface area (Å²) in [6, 6.07) is 12.9. The molecule has 0 amide bonds. The number of hydrogen-bond donors (Lipinski definition) is 1. The molecule has 84 valence electrons. The van der Waals surface area contributed by atoms with Crippen LogP contribution in [0.3, 0.4) is 0 Å². The number of phenols is 1. The molecule has 0 aromatic heterocycles. The van der Waals surface area contributed by atoms with Crippen LogP contribution in [-0.2, 0) is 0 Å². The molecule has 1 nitrogen and oxygen atoms in total. The summed E-state index contributed by atoms with van der Waals surface area (Å²) in [5, 5.41) is 10.3. The van der Waals surface area contributed by atoms with Crippen molar-refractivity contribution in [3.05, 3.63) is 64.2 Å². The van der Waals surface area contributed by atoms with E-state index in [2.05, 4.69) is 11.8 Å². The molecule has 0 saturated heterocycles. The van der Waals surface area contributed by atoms with Crippen LogP contribution in [0.15, 0.2) is 42.5 Å². The van der Waals surface area contributed by atoms with Gasteiger partial charge in [-0.1, -0.05) is 41.6 Å². The summed E-state index contributed by atoms with van der Waals surface area (Å²) in [6.07, 6.45) is 0. The van der Waals surface area contributed by atoms with Crippen molar-refractivity contribution in [2.24, 2.45) is 0 Å². The number of hydrogen-bond acceptors (Lipinski definition) is 1. The first-order chi connectivity index (χ1) is 8.18. The van der Waals surface area contributed by atoms with Gasteiger partial charge >= 0.3 is 0 Å². The van der Waals surface area contributed by atoms with E-state index in [1.54, 1.807) is 12.1 Å². The van der Waals surface area contributed by atoms with E-state index < -0.39 is 0 Å². The number of rotatable bonds is 0. The lowest BCUT2D eigenvalue weighted by Gasteiger charge is -2.03. The Morgan fingerprint density at radius 1 is 1.00 bits per heavy atom. The van der Waals surface area contributed by atoms with Gasteiger partial charge in [-0.2, -0.15) is 0 Å². The summed E-state index contributed by atoms with van der Waals surface area (Å²) in [7, 11) is 0. The predicted molar refractivity (Wildman–Crippen MR) is 70.3 cm³/mol. The molecule has 0 unspecified atom stereocenters. The van der Waals surface area contributed by atoms with E-state index in [4.69, 9.17) is 11.6 Å². The van der Waals surface area contributed by atoms with Gasteiger partial charge in [-0.15, -0.1) is 0 Å². The fraction of sp³-hybridized carbons (Fsp3) is 0.0667. The Bertz CT molecular complexity index is 592. The maximum Gasteiger partial charge on any atom is 0.131 e. The first-order valence-corrected chi connectivity index (χ1v) is 5.61. The molecule has 0 spiro atoms. The van der Waals surface area contributed by atoms with E-state index in [9.17, 15) is 5.11 Å². The second-order valence-electron chi connectivity index (χ2n) is 3.68. The van der Waals surface area contributed by atoms with Crippen molar-refractivity contribution in [2.75, 3.05) is 0 Å². The Morgan fingerprint density at radius 2 is 1.71 bits per heavy atom. The van der Waals surface area contributed by atoms with E-state index in [0.29, 0.717) is 10.6 Å². The molecule has 1 N–H and O–H groups in total. The van der Waals surface area contributed by atoms with Crippen LogP contribution in [0.1, 0.15) is 16.7 Å². The van der Waals surface area contributed by atoms with Crippen LogP contribution >= 0.6 is 11.6 Å². The molecule has 0 bridgehead atoms. The van der Waals surface area contributed by atoms with Crippen molar-refractivity contribution in [2.45, 2.75) is 6.92 Å². The highest BCUT2D eigenvalue weighted by atomic mass is 35.5. The van der Waals surface area contributed by atoms with Crippen LogP contribution in [0.2, 0.25) is 5.02 Å². The largest absolute Gasteiger partial charge is 0.507 e. The molecule has 0 aliphatic carbocycles. The van der Waals surface area contributed by atoms with Crippen molar-refractivity contribution in [1.82, 2.24) is 0 Å². The number of phenolic OH excluding ortho intramolecular Hbond substituents is 1. The summed E-state index contributed by atoms with van der Waals surface area (Å²) in [5.41, 5.74) is 2.29. The minimum atomic E-state index is 0.162. The van der Waals surface area contributed by atoms with Crippen LogP contribution in [0.5, 0.6) is 5.75 Å². The minimum Gasteiger partial charge on any atom is -0.507 e. The fourth-order valence-corrected chi connectivity index (χ4v) is 1.64. The first kappa shape index (κ1) is 11.6. The van der Waals surface area contributed by atoms with Crippen molar-refractivity contribution in [3.8, 4) is 17.6 Å². The summed E-state index contributed by atoms with van der Waals surface area (Å²) in [6.45, 7) is 1.84. The van der Waals surface area contributed by atoms with Crippen LogP contribution in [0.4, 0.5) is 0 Å².